The van der Waals surface area contributed by atoms with Gasteiger partial charge in [0.1, 0.15) is 10.6 Å². The van der Waals surface area contributed by atoms with E-state index in [9.17, 15) is 4.79 Å². The van der Waals surface area contributed by atoms with Gasteiger partial charge in [-0.2, -0.15) is 0 Å². The lowest BCUT2D eigenvalue weighted by Crippen LogP contribution is -2.05. The van der Waals surface area contributed by atoms with Crippen LogP contribution in [-0.4, -0.2) is 12.6 Å². The summed E-state index contributed by atoms with van der Waals surface area (Å²) < 4.78 is 10.5. The molecule has 0 amide bonds. The van der Waals surface area contributed by atoms with Gasteiger partial charge < -0.3 is 14.9 Å². The molecule has 0 saturated carbocycles. The zero-order chi connectivity index (χ0) is 14.7. The number of thiophene rings is 1. The van der Waals surface area contributed by atoms with Crippen molar-refractivity contribution in [2.45, 2.75) is 33.6 Å². The van der Waals surface area contributed by atoms with Gasteiger partial charge in [0.05, 0.1) is 18.6 Å². The Balaban J connectivity index is 2.54. The van der Waals surface area contributed by atoms with E-state index in [4.69, 9.17) is 14.9 Å². The van der Waals surface area contributed by atoms with Crippen molar-refractivity contribution >= 4 is 23.0 Å². The largest absolute Gasteiger partial charge is 0.469 e. The maximum Gasteiger partial charge on any atom is 0.350 e. The highest BCUT2D eigenvalue weighted by molar-refractivity contribution is 7.18. The van der Waals surface area contributed by atoms with Crippen LogP contribution in [0.3, 0.4) is 0 Å². The zero-order valence-electron chi connectivity index (χ0n) is 12.0. The third-order valence-electron chi connectivity index (χ3n) is 3.17. The number of furan rings is 1. The monoisotopic (exact) mass is 293 g/mol. The molecule has 0 bridgehead atoms. The van der Waals surface area contributed by atoms with Crippen LogP contribution in [0.15, 0.2) is 16.7 Å². The van der Waals surface area contributed by atoms with Gasteiger partial charge in [-0.3, -0.25) is 0 Å². The molecular formula is C15H19NO3S. The molecule has 2 N–H and O–H groups in total. The van der Waals surface area contributed by atoms with E-state index < -0.39 is 0 Å². The summed E-state index contributed by atoms with van der Waals surface area (Å²) >= 11 is 1.39. The van der Waals surface area contributed by atoms with Gasteiger partial charge in [-0.1, -0.05) is 13.8 Å². The van der Waals surface area contributed by atoms with Crippen molar-refractivity contribution in [1.82, 2.24) is 0 Å². The normalized spacial score (nSPS) is 10.8. The summed E-state index contributed by atoms with van der Waals surface area (Å²) in [5.41, 5.74) is 8.68. The first-order chi connectivity index (χ1) is 9.63. The highest BCUT2D eigenvalue weighted by atomic mass is 32.1. The standard InChI is InChI=1S/C15H19NO3S/c1-4-9-12(16)14(15(17)18-6-3)20-13(9)10-7-8-19-11(10)5-2/h7-8H,4-6,16H2,1-3H3. The molecule has 0 aliphatic rings. The minimum Gasteiger partial charge on any atom is -0.469 e. The number of rotatable bonds is 5. The van der Waals surface area contributed by atoms with Crippen LogP contribution in [0.2, 0.25) is 0 Å². The Morgan fingerprint density at radius 3 is 2.70 bits per heavy atom. The van der Waals surface area contributed by atoms with E-state index in [1.165, 1.54) is 11.3 Å². The first-order valence-electron chi connectivity index (χ1n) is 6.78. The predicted octanol–water partition coefficient (Wildman–Crippen LogP) is 3.89. The van der Waals surface area contributed by atoms with Gasteiger partial charge in [0, 0.05) is 16.9 Å². The number of esters is 1. The minimum absolute atomic E-state index is 0.346. The van der Waals surface area contributed by atoms with Gasteiger partial charge in [0.25, 0.3) is 0 Å². The van der Waals surface area contributed by atoms with E-state index in [0.29, 0.717) is 17.2 Å². The molecule has 2 rings (SSSR count). The van der Waals surface area contributed by atoms with Gasteiger partial charge >= 0.3 is 5.97 Å². The number of ether oxygens (including phenoxy) is 1. The number of anilines is 1. The highest BCUT2D eigenvalue weighted by Gasteiger charge is 2.23. The topological polar surface area (TPSA) is 65.5 Å². The Bertz CT molecular complexity index is 613. The number of hydrogen-bond acceptors (Lipinski definition) is 5. The summed E-state index contributed by atoms with van der Waals surface area (Å²) in [4.78, 5) is 13.5. The molecule has 5 heteroatoms. The van der Waals surface area contributed by atoms with Crippen molar-refractivity contribution in [3.63, 3.8) is 0 Å². The van der Waals surface area contributed by atoms with E-state index in [-0.39, 0.29) is 5.97 Å². The summed E-state index contributed by atoms with van der Waals surface area (Å²) in [6.45, 7) is 6.20. The number of aryl methyl sites for hydroxylation is 1. The lowest BCUT2D eigenvalue weighted by atomic mass is 10.1. The van der Waals surface area contributed by atoms with Crippen LogP contribution >= 0.6 is 11.3 Å². The third-order valence-corrected chi connectivity index (χ3v) is 4.43. The molecule has 0 radical (unpaired) electrons. The minimum atomic E-state index is -0.350. The molecule has 2 heterocycles. The van der Waals surface area contributed by atoms with Crippen LogP contribution in [0.4, 0.5) is 5.69 Å². The quantitative estimate of drug-likeness (QED) is 0.849. The fourth-order valence-corrected chi connectivity index (χ4v) is 3.46. The average Bonchev–Trinajstić information content (AvgIpc) is 3.02. The molecule has 0 fully saturated rings. The van der Waals surface area contributed by atoms with E-state index >= 15 is 0 Å². The summed E-state index contributed by atoms with van der Waals surface area (Å²) in [5, 5.41) is 0. The molecule has 2 aromatic rings. The summed E-state index contributed by atoms with van der Waals surface area (Å²) in [7, 11) is 0. The summed E-state index contributed by atoms with van der Waals surface area (Å²) in [6, 6.07) is 1.93. The molecule has 0 aliphatic heterocycles. The fraction of sp³-hybridized carbons (Fsp3) is 0.400. The predicted molar refractivity (Wildman–Crippen MR) is 81.1 cm³/mol. The first-order valence-corrected chi connectivity index (χ1v) is 7.60. The lowest BCUT2D eigenvalue weighted by Gasteiger charge is -2.02. The van der Waals surface area contributed by atoms with Crippen LogP contribution in [0.1, 0.15) is 41.8 Å². The molecular weight excluding hydrogens is 274 g/mol. The lowest BCUT2D eigenvalue weighted by molar-refractivity contribution is 0.0533. The molecule has 108 valence electrons. The molecule has 0 spiro atoms. The van der Waals surface area contributed by atoms with Crippen molar-refractivity contribution in [1.29, 1.82) is 0 Å². The maximum absolute atomic E-state index is 12.0. The Morgan fingerprint density at radius 1 is 1.35 bits per heavy atom. The molecule has 20 heavy (non-hydrogen) atoms. The summed E-state index contributed by atoms with van der Waals surface area (Å²) in [5.74, 6) is 0.564. The van der Waals surface area contributed by atoms with Gasteiger partial charge in [-0.25, -0.2) is 4.79 Å². The van der Waals surface area contributed by atoms with E-state index in [0.717, 1.165) is 34.6 Å². The van der Waals surface area contributed by atoms with E-state index in [1.54, 1.807) is 13.2 Å². The molecule has 0 aliphatic carbocycles. The number of hydrogen-bond donors (Lipinski definition) is 1. The number of carbonyl (C=O) groups is 1. The van der Waals surface area contributed by atoms with Crippen LogP contribution in [0, 0.1) is 0 Å². The average molecular weight is 293 g/mol. The Kier molecular flexibility index (Phi) is 4.49. The van der Waals surface area contributed by atoms with Crippen LogP contribution in [0.25, 0.3) is 10.4 Å². The van der Waals surface area contributed by atoms with Gasteiger partial charge in [-0.15, -0.1) is 11.3 Å². The van der Waals surface area contributed by atoms with E-state index in [1.807, 2.05) is 19.9 Å². The SMILES string of the molecule is CCOC(=O)c1sc(-c2ccoc2CC)c(CC)c1N. The van der Waals surface area contributed by atoms with Gasteiger partial charge in [0.2, 0.25) is 0 Å². The number of nitrogens with two attached hydrogens (primary N) is 1. The van der Waals surface area contributed by atoms with E-state index in [2.05, 4.69) is 0 Å². The second-order valence-corrected chi connectivity index (χ2v) is 5.36. The van der Waals surface area contributed by atoms with Crippen molar-refractivity contribution < 1.29 is 13.9 Å². The first kappa shape index (κ1) is 14.7. The van der Waals surface area contributed by atoms with Crippen LogP contribution in [0.5, 0.6) is 0 Å². The molecule has 2 aromatic heterocycles. The fourth-order valence-electron chi connectivity index (χ4n) is 2.21. The number of nitrogen functional groups attached to an aromatic ring is 1. The molecule has 0 atom stereocenters. The van der Waals surface area contributed by atoms with Crippen molar-refractivity contribution in [2.24, 2.45) is 0 Å². The molecule has 0 aromatic carbocycles. The Hall–Kier alpha value is -1.75. The van der Waals surface area contributed by atoms with Crippen molar-refractivity contribution in [3.8, 4) is 10.4 Å². The zero-order valence-corrected chi connectivity index (χ0v) is 12.8. The van der Waals surface area contributed by atoms with Crippen LogP contribution in [-0.2, 0) is 17.6 Å². The highest BCUT2D eigenvalue weighted by Crippen LogP contribution is 2.41. The number of carbonyl (C=O) groups excluding carboxylic acids is 1. The van der Waals surface area contributed by atoms with Crippen molar-refractivity contribution in [3.05, 3.63) is 28.5 Å². The molecule has 0 saturated heterocycles. The smallest absolute Gasteiger partial charge is 0.350 e. The summed E-state index contributed by atoms with van der Waals surface area (Å²) in [6.07, 6.45) is 3.25. The Labute approximate surface area is 122 Å². The molecule has 4 nitrogen and oxygen atoms in total. The maximum atomic E-state index is 12.0. The van der Waals surface area contributed by atoms with Gasteiger partial charge in [-0.05, 0) is 25.0 Å². The molecule has 0 unspecified atom stereocenters. The second kappa shape index (κ2) is 6.13. The second-order valence-electron chi connectivity index (χ2n) is 4.34. The van der Waals surface area contributed by atoms with Gasteiger partial charge in [0.15, 0.2) is 0 Å². The van der Waals surface area contributed by atoms with Crippen molar-refractivity contribution in [2.75, 3.05) is 12.3 Å². The Morgan fingerprint density at radius 2 is 2.10 bits per heavy atom. The third kappa shape index (κ3) is 2.45. The van der Waals surface area contributed by atoms with Crippen LogP contribution < -0.4 is 5.73 Å².